The summed E-state index contributed by atoms with van der Waals surface area (Å²) in [6.07, 6.45) is 4.27. The van der Waals surface area contributed by atoms with Gasteiger partial charge in [-0.2, -0.15) is 0 Å². The normalized spacial score (nSPS) is 14.2. The summed E-state index contributed by atoms with van der Waals surface area (Å²) in [4.78, 5) is 25.3. The quantitative estimate of drug-likeness (QED) is 0.175. The number of benzene rings is 4. The molecule has 1 aliphatic carbocycles. The minimum atomic E-state index is -0.419. The van der Waals surface area contributed by atoms with Crippen molar-refractivity contribution in [3.8, 4) is 11.5 Å². The van der Waals surface area contributed by atoms with Gasteiger partial charge in [0.25, 0.3) is 0 Å². The molecule has 0 spiro atoms. The molecule has 0 N–H and O–H groups in total. The van der Waals surface area contributed by atoms with Crippen LogP contribution in [-0.4, -0.2) is 11.9 Å². The lowest BCUT2D eigenvalue weighted by Gasteiger charge is -2.31. The molecule has 6 heteroatoms. The van der Waals surface area contributed by atoms with Gasteiger partial charge >= 0.3 is 11.9 Å². The number of rotatable bonds is 6. The summed E-state index contributed by atoms with van der Waals surface area (Å²) < 4.78 is 11.4. The van der Waals surface area contributed by atoms with E-state index in [1.165, 1.54) is 11.1 Å². The number of aryl methyl sites for hydroxylation is 2. The van der Waals surface area contributed by atoms with Gasteiger partial charge in [0.15, 0.2) is 0 Å². The van der Waals surface area contributed by atoms with Gasteiger partial charge in [0, 0.05) is 15.5 Å². The number of ether oxygens (including phenoxy) is 2. The molecule has 4 aromatic rings. The fourth-order valence-corrected chi connectivity index (χ4v) is 5.59. The van der Waals surface area contributed by atoms with Gasteiger partial charge in [0.05, 0.1) is 11.1 Å². The number of carbonyl (C=O) groups is 2. The summed E-state index contributed by atoms with van der Waals surface area (Å²) >= 11 is 11.9. The summed E-state index contributed by atoms with van der Waals surface area (Å²) in [5, 5.41) is 1.13. The van der Waals surface area contributed by atoms with E-state index in [0.29, 0.717) is 32.7 Å². The van der Waals surface area contributed by atoms with Gasteiger partial charge in [0.2, 0.25) is 0 Å². The minimum absolute atomic E-state index is 0.160. The van der Waals surface area contributed by atoms with Gasteiger partial charge < -0.3 is 9.47 Å². The molecule has 0 heterocycles. The molecule has 0 aliphatic heterocycles. The summed E-state index contributed by atoms with van der Waals surface area (Å²) in [6.45, 7) is 3.92. The van der Waals surface area contributed by atoms with Crippen molar-refractivity contribution in [2.75, 3.05) is 0 Å². The number of halogens is 2. The Morgan fingerprint density at radius 3 is 1.36 bits per heavy atom. The van der Waals surface area contributed by atoms with Gasteiger partial charge in [-0.05, 0) is 110 Å². The van der Waals surface area contributed by atoms with Crippen LogP contribution in [0.5, 0.6) is 11.5 Å². The van der Waals surface area contributed by atoms with E-state index in [1.807, 2.05) is 26.0 Å². The molecule has 39 heavy (non-hydrogen) atoms. The van der Waals surface area contributed by atoms with Crippen LogP contribution in [0.25, 0.3) is 0 Å². The lowest BCUT2D eigenvalue weighted by Crippen LogP contribution is -2.24. The van der Waals surface area contributed by atoms with Crippen molar-refractivity contribution in [3.63, 3.8) is 0 Å². The van der Waals surface area contributed by atoms with Crippen LogP contribution in [0.3, 0.4) is 0 Å². The first-order valence-corrected chi connectivity index (χ1v) is 13.7. The molecule has 0 radical (unpaired) electrons. The van der Waals surface area contributed by atoms with Crippen LogP contribution in [-0.2, 0) is 5.41 Å². The van der Waals surface area contributed by atoms with Crippen LogP contribution >= 0.6 is 23.2 Å². The summed E-state index contributed by atoms with van der Waals surface area (Å²) in [7, 11) is 0. The Labute approximate surface area is 238 Å². The fourth-order valence-electron chi connectivity index (χ4n) is 5.34. The van der Waals surface area contributed by atoms with Crippen molar-refractivity contribution in [3.05, 3.63) is 128 Å². The molecule has 0 bridgehead atoms. The number of esters is 2. The Kier molecular flexibility index (Phi) is 7.79. The molecule has 0 unspecified atom stereocenters. The largest absolute Gasteiger partial charge is 0.423 e. The molecular weight excluding hydrogens is 531 g/mol. The van der Waals surface area contributed by atoms with Gasteiger partial charge in [0.1, 0.15) is 11.5 Å². The Hall–Kier alpha value is -3.60. The van der Waals surface area contributed by atoms with E-state index in [-0.39, 0.29) is 5.41 Å². The highest BCUT2D eigenvalue weighted by molar-refractivity contribution is 6.31. The standard InChI is InChI=1S/C33H28Cl2O4/c1-21-19-25(9-15-29(21)38-31(36)23-5-11-27(34)12-6-23)33(17-3-4-18-33)26-10-16-30(22(2)20-26)39-32(37)24-7-13-28(35)14-8-24/h5-16,19-20H,3-4,17-18H2,1-2H3. The molecule has 0 aromatic heterocycles. The average molecular weight is 559 g/mol. The Morgan fingerprint density at radius 2 is 1.00 bits per heavy atom. The fraction of sp³-hybridized carbons (Fsp3) is 0.212. The number of hydrogen-bond donors (Lipinski definition) is 0. The van der Waals surface area contributed by atoms with Crippen molar-refractivity contribution in [1.82, 2.24) is 0 Å². The first kappa shape index (κ1) is 27.0. The van der Waals surface area contributed by atoms with Crippen molar-refractivity contribution in [2.24, 2.45) is 0 Å². The van der Waals surface area contributed by atoms with E-state index in [9.17, 15) is 9.59 Å². The smallest absolute Gasteiger partial charge is 0.343 e. The van der Waals surface area contributed by atoms with Gasteiger partial charge in [-0.3, -0.25) is 0 Å². The first-order valence-electron chi connectivity index (χ1n) is 12.9. The number of carbonyl (C=O) groups excluding carboxylic acids is 2. The molecule has 1 saturated carbocycles. The molecule has 0 atom stereocenters. The zero-order valence-electron chi connectivity index (χ0n) is 21.8. The van der Waals surface area contributed by atoms with Gasteiger partial charge in [-0.1, -0.05) is 60.3 Å². The van der Waals surface area contributed by atoms with Gasteiger partial charge in [-0.15, -0.1) is 0 Å². The van der Waals surface area contributed by atoms with Crippen LogP contribution in [0, 0.1) is 13.8 Å². The van der Waals surface area contributed by atoms with Crippen LogP contribution in [0.1, 0.15) is 68.7 Å². The maximum atomic E-state index is 12.6. The Balaban J connectivity index is 1.38. The molecule has 0 amide bonds. The van der Waals surface area contributed by atoms with E-state index < -0.39 is 11.9 Å². The molecular formula is C33H28Cl2O4. The van der Waals surface area contributed by atoms with E-state index in [1.54, 1.807) is 48.5 Å². The van der Waals surface area contributed by atoms with Crippen LogP contribution < -0.4 is 9.47 Å². The Bertz CT molecular complexity index is 1410. The molecule has 198 valence electrons. The average Bonchev–Trinajstić information content (AvgIpc) is 3.43. The molecule has 1 fully saturated rings. The van der Waals surface area contributed by atoms with Crippen LogP contribution in [0.15, 0.2) is 84.9 Å². The van der Waals surface area contributed by atoms with Crippen LogP contribution in [0.4, 0.5) is 0 Å². The topological polar surface area (TPSA) is 52.6 Å². The lowest BCUT2D eigenvalue weighted by atomic mass is 9.72. The lowest BCUT2D eigenvalue weighted by molar-refractivity contribution is 0.0724. The van der Waals surface area contributed by atoms with E-state index in [4.69, 9.17) is 32.7 Å². The SMILES string of the molecule is Cc1cc(C2(c3ccc(OC(=O)c4ccc(Cl)cc4)c(C)c3)CCCC2)ccc1OC(=O)c1ccc(Cl)cc1. The zero-order chi connectivity index (χ0) is 27.6. The molecule has 1 aliphatic rings. The van der Waals surface area contributed by atoms with E-state index in [0.717, 1.165) is 36.8 Å². The third-order valence-corrected chi connectivity index (χ3v) is 7.98. The summed E-state index contributed by atoms with van der Waals surface area (Å²) in [5.74, 6) is 0.231. The third kappa shape index (κ3) is 5.73. The van der Waals surface area contributed by atoms with Crippen LogP contribution in [0.2, 0.25) is 10.0 Å². The molecule has 4 nitrogen and oxygen atoms in total. The maximum absolute atomic E-state index is 12.6. The molecule has 0 saturated heterocycles. The van der Waals surface area contributed by atoms with Crippen molar-refractivity contribution >= 4 is 35.1 Å². The Morgan fingerprint density at radius 1 is 0.615 bits per heavy atom. The van der Waals surface area contributed by atoms with Gasteiger partial charge in [-0.25, -0.2) is 9.59 Å². The molecule has 4 aromatic carbocycles. The zero-order valence-corrected chi connectivity index (χ0v) is 23.3. The second-order valence-electron chi connectivity index (χ2n) is 10.0. The number of hydrogen-bond acceptors (Lipinski definition) is 4. The minimum Gasteiger partial charge on any atom is -0.423 e. The highest BCUT2D eigenvalue weighted by Crippen LogP contribution is 2.48. The van der Waals surface area contributed by atoms with Crippen molar-refractivity contribution in [2.45, 2.75) is 44.9 Å². The predicted molar refractivity (Wildman–Crippen MR) is 154 cm³/mol. The highest BCUT2D eigenvalue weighted by atomic mass is 35.5. The van der Waals surface area contributed by atoms with Crippen molar-refractivity contribution < 1.29 is 19.1 Å². The van der Waals surface area contributed by atoms with E-state index in [2.05, 4.69) is 24.3 Å². The molecule has 5 rings (SSSR count). The second-order valence-corrected chi connectivity index (χ2v) is 10.9. The third-order valence-electron chi connectivity index (χ3n) is 7.48. The van der Waals surface area contributed by atoms with E-state index >= 15 is 0 Å². The van der Waals surface area contributed by atoms with Crippen molar-refractivity contribution in [1.29, 1.82) is 0 Å². The second kappa shape index (κ2) is 11.3. The summed E-state index contributed by atoms with van der Waals surface area (Å²) in [5.41, 5.74) is 4.90. The summed E-state index contributed by atoms with van der Waals surface area (Å²) in [6, 6.07) is 25.4. The first-order chi connectivity index (χ1) is 18.7. The highest BCUT2D eigenvalue weighted by Gasteiger charge is 2.38. The maximum Gasteiger partial charge on any atom is 0.343 e. The predicted octanol–water partition coefficient (Wildman–Crippen LogP) is 8.91. The monoisotopic (exact) mass is 558 g/mol.